The Bertz CT molecular complexity index is 659. The van der Waals surface area contributed by atoms with Gasteiger partial charge in [-0.2, -0.15) is 0 Å². The first-order valence-electron chi connectivity index (χ1n) is 5.68. The maximum Gasteiger partial charge on any atom is 0.139 e. The fraction of sp³-hybridized carbons (Fsp3) is 0.154. The van der Waals surface area contributed by atoms with Crippen molar-refractivity contribution in [3.63, 3.8) is 0 Å². The molecule has 0 aromatic carbocycles. The maximum absolute atomic E-state index is 11.8. The van der Waals surface area contributed by atoms with Gasteiger partial charge in [-0.05, 0) is 12.1 Å². The van der Waals surface area contributed by atoms with Crippen LogP contribution < -0.4 is 4.74 Å². The van der Waals surface area contributed by atoms with Crippen molar-refractivity contribution in [3.05, 3.63) is 36.2 Å². The number of methoxy groups -OCH3 is 1. The number of ether oxygens (including phenoxy) is 1. The second-order valence-electron chi connectivity index (χ2n) is 3.84. The second kappa shape index (κ2) is 6.25. The van der Waals surface area contributed by atoms with Crippen LogP contribution in [0.15, 0.2) is 40.5 Å². The Morgan fingerprint density at radius 3 is 2.75 bits per heavy atom. The first-order valence-corrected chi connectivity index (χ1v) is 7.24. The molecule has 0 fully saturated rings. The molecule has 1 atom stereocenters. The van der Waals surface area contributed by atoms with Gasteiger partial charge in [0.1, 0.15) is 16.3 Å². The Hall–Kier alpha value is -2.28. The molecule has 1 N–H and O–H groups in total. The number of rotatable bonds is 4. The number of oxime groups is 1. The lowest BCUT2D eigenvalue weighted by atomic mass is 10.2. The highest BCUT2D eigenvalue weighted by Crippen LogP contribution is 2.28. The fourth-order valence-electron chi connectivity index (χ4n) is 1.76. The Balaban J connectivity index is 2.68. The summed E-state index contributed by atoms with van der Waals surface area (Å²) in [6.45, 7) is 0. The topological polar surface area (TPSA) is 84.7 Å². The van der Waals surface area contributed by atoms with Gasteiger partial charge in [-0.15, -0.1) is 0 Å². The highest BCUT2D eigenvalue weighted by molar-refractivity contribution is 7.84. The number of pyridine rings is 2. The standard InChI is InChI=1S/C13H13N3O3S/c1-19-12-7-10(9-5-3-4-6-14-9)16-11(8-15-17)13(12)20(2)18/h3-8,17H,1-2H3/b15-8-/t20-/m0/s1. The highest BCUT2D eigenvalue weighted by Gasteiger charge is 2.16. The number of hydrogen-bond acceptors (Lipinski definition) is 6. The van der Waals surface area contributed by atoms with Crippen LogP contribution >= 0.6 is 0 Å². The van der Waals surface area contributed by atoms with Gasteiger partial charge in [0.25, 0.3) is 0 Å². The molecule has 20 heavy (non-hydrogen) atoms. The van der Waals surface area contributed by atoms with E-state index < -0.39 is 10.8 Å². The summed E-state index contributed by atoms with van der Waals surface area (Å²) in [7, 11) is 0.152. The number of aromatic nitrogens is 2. The van der Waals surface area contributed by atoms with Crippen molar-refractivity contribution >= 4 is 17.0 Å². The number of hydrogen-bond donors (Lipinski definition) is 1. The zero-order chi connectivity index (χ0) is 14.5. The first-order chi connectivity index (χ1) is 9.67. The van der Waals surface area contributed by atoms with E-state index in [1.165, 1.54) is 13.4 Å². The Kier molecular flexibility index (Phi) is 4.41. The molecule has 2 aromatic rings. The molecular weight excluding hydrogens is 278 g/mol. The van der Waals surface area contributed by atoms with Crippen LogP contribution in [0.3, 0.4) is 0 Å². The van der Waals surface area contributed by atoms with Crippen LogP contribution in [0.2, 0.25) is 0 Å². The van der Waals surface area contributed by atoms with Crippen LogP contribution in [0.5, 0.6) is 5.75 Å². The van der Waals surface area contributed by atoms with Crippen molar-refractivity contribution in [2.45, 2.75) is 4.90 Å². The molecule has 0 bridgehead atoms. The molecular formula is C13H13N3O3S. The molecule has 0 saturated heterocycles. The average molecular weight is 291 g/mol. The average Bonchev–Trinajstić information content (AvgIpc) is 2.47. The number of nitrogens with zero attached hydrogens (tertiary/aromatic N) is 3. The predicted molar refractivity (Wildman–Crippen MR) is 75.7 cm³/mol. The van der Waals surface area contributed by atoms with E-state index in [0.717, 1.165) is 6.21 Å². The minimum Gasteiger partial charge on any atom is -0.495 e. The molecule has 0 spiro atoms. The Labute approximate surface area is 118 Å². The zero-order valence-electron chi connectivity index (χ0n) is 11.0. The molecule has 0 saturated carbocycles. The van der Waals surface area contributed by atoms with Gasteiger partial charge in [0, 0.05) is 18.5 Å². The van der Waals surface area contributed by atoms with Crippen LogP contribution in [0.4, 0.5) is 0 Å². The summed E-state index contributed by atoms with van der Waals surface area (Å²) in [6.07, 6.45) is 4.29. The molecule has 0 amide bonds. The summed E-state index contributed by atoms with van der Waals surface area (Å²) < 4.78 is 17.1. The van der Waals surface area contributed by atoms with E-state index in [9.17, 15) is 4.21 Å². The third-order valence-electron chi connectivity index (χ3n) is 2.58. The zero-order valence-corrected chi connectivity index (χ0v) is 11.8. The van der Waals surface area contributed by atoms with Gasteiger partial charge in [0.15, 0.2) is 0 Å². The lowest BCUT2D eigenvalue weighted by Gasteiger charge is -2.11. The summed E-state index contributed by atoms with van der Waals surface area (Å²) in [4.78, 5) is 8.90. The van der Waals surface area contributed by atoms with Gasteiger partial charge in [-0.1, -0.05) is 11.2 Å². The van der Waals surface area contributed by atoms with Gasteiger partial charge in [-0.3, -0.25) is 9.19 Å². The molecule has 0 aliphatic heterocycles. The van der Waals surface area contributed by atoms with E-state index in [2.05, 4.69) is 15.1 Å². The molecule has 7 heteroatoms. The fourth-order valence-corrected chi connectivity index (χ4v) is 2.58. The second-order valence-corrected chi connectivity index (χ2v) is 5.15. The molecule has 6 nitrogen and oxygen atoms in total. The lowest BCUT2D eigenvalue weighted by molar-refractivity contribution is 0.321. The SMILES string of the molecule is COc1cc(-c2ccccn2)nc(/C=N\O)c1[S@](C)=O. The quantitative estimate of drug-likeness (QED) is 0.526. The summed E-state index contributed by atoms with van der Waals surface area (Å²) in [5.74, 6) is 0.413. The van der Waals surface area contributed by atoms with E-state index in [1.807, 2.05) is 6.07 Å². The van der Waals surface area contributed by atoms with Crippen molar-refractivity contribution in [2.24, 2.45) is 5.16 Å². The normalized spacial score (nSPS) is 12.5. The smallest absolute Gasteiger partial charge is 0.139 e. The van der Waals surface area contributed by atoms with Gasteiger partial charge in [0.2, 0.25) is 0 Å². The summed E-state index contributed by atoms with van der Waals surface area (Å²) in [5.41, 5.74) is 1.48. The van der Waals surface area contributed by atoms with Crippen LogP contribution in [-0.4, -0.2) is 39.0 Å². The van der Waals surface area contributed by atoms with Crippen molar-refractivity contribution in [3.8, 4) is 17.1 Å². The van der Waals surface area contributed by atoms with Gasteiger partial charge < -0.3 is 9.94 Å². The minimum absolute atomic E-state index is 0.285. The predicted octanol–water partition coefficient (Wildman–Crippen LogP) is 1.70. The van der Waals surface area contributed by atoms with E-state index >= 15 is 0 Å². The monoisotopic (exact) mass is 291 g/mol. The van der Waals surface area contributed by atoms with Crippen LogP contribution in [0.1, 0.15) is 5.69 Å². The minimum atomic E-state index is -1.33. The van der Waals surface area contributed by atoms with Crippen molar-refractivity contribution in [1.29, 1.82) is 0 Å². The van der Waals surface area contributed by atoms with E-state index in [4.69, 9.17) is 9.94 Å². The lowest BCUT2D eigenvalue weighted by Crippen LogP contribution is -2.04. The van der Waals surface area contributed by atoms with Gasteiger partial charge in [-0.25, -0.2) is 4.98 Å². The molecule has 2 aromatic heterocycles. The maximum atomic E-state index is 11.8. The van der Waals surface area contributed by atoms with E-state index in [1.54, 1.807) is 24.4 Å². The summed E-state index contributed by atoms with van der Waals surface area (Å²) >= 11 is 0. The Morgan fingerprint density at radius 2 is 2.20 bits per heavy atom. The first kappa shape index (κ1) is 14.1. The third kappa shape index (κ3) is 2.83. The van der Waals surface area contributed by atoms with Crippen LogP contribution in [0.25, 0.3) is 11.4 Å². The van der Waals surface area contributed by atoms with Gasteiger partial charge in [0.05, 0.1) is 35.5 Å². The molecule has 0 aliphatic rings. The highest BCUT2D eigenvalue weighted by atomic mass is 32.2. The van der Waals surface area contributed by atoms with Gasteiger partial charge >= 0.3 is 0 Å². The van der Waals surface area contributed by atoms with Crippen molar-refractivity contribution in [1.82, 2.24) is 9.97 Å². The van der Waals surface area contributed by atoms with E-state index in [-0.39, 0.29) is 5.69 Å². The van der Waals surface area contributed by atoms with Crippen LogP contribution in [0, 0.1) is 0 Å². The summed E-state index contributed by atoms with van der Waals surface area (Å²) in [5, 5.41) is 11.7. The molecule has 0 radical (unpaired) electrons. The van der Waals surface area contributed by atoms with Crippen LogP contribution in [-0.2, 0) is 10.8 Å². The molecule has 0 unspecified atom stereocenters. The summed E-state index contributed by atoms with van der Waals surface area (Å²) in [6, 6.07) is 7.09. The largest absolute Gasteiger partial charge is 0.495 e. The molecule has 2 heterocycles. The Morgan fingerprint density at radius 1 is 1.40 bits per heavy atom. The van der Waals surface area contributed by atoms with E-state index in [0.29, 0.717) is 22.0 Å². The molecule has 0 aliphatic carbocycles. The molecule has 104 valence electrons. The van der Waals surface area contributed by atoms with Crippen molar-refractivity contribution in [2.75, 3.05) is 13.4 Å². The molecule has 2 rings (SSSR count). The van der Waals surface area contributed by atoms with Crippen molar-refractivity contribution < 1.29 is 14.2 Å². The third-order valence-corrected chi connectivity index (χ3v) is 3.57.